The van der Waals surface area contributed by atoms with E-state index in [0.717, 1.165) is 17.8 Å². The van der Waals surface area contributed by atoms with E-state index in [1.165, 1.54) is 17.2 Å². The molecule has 2 heterocycles. The number of aryl methyl sites for hydroxylation is 2. The van der Waals surface area contributed by atoms with Crippen molar-refractivity contribution in [1.82, 2.24) is 15.1 Å². The minimum absolute atomic E-state index is 0.283. The molecule has 1 unspecified atom stereocenters. The third-order valence-electron chi connectivity index (χ3n) is 4.41. The molecule has 1 radical (unpaired) electrons. The lowest BCUT2D eigenvalue weighted by molar-refractivity contribution is -0.141. The van der Waals surface area contributed by atoms with Gasteiger partial charge in [-0.05, 0) is 32.4 Å². The van der Waals surface area contributed by atoms with Gasteiger partial charge in [-0.25, -0.2) is 10.00 Å². The molecule has 1 saturated heterocycles. The molecule has 4 nitrogen and oxygen atoms in total. The van der Waals surface area contributed by atoms with Gasteiger partial charge in [0, 0.05) is 18.8 Å². The topological polar surface area (TPSA) is 35.2 Å². The highest BCUT2D eigenvalue weighted by Gasteiger charge is 2.39. The van der Waals surface area contributed by atoms with Gasteiger partial charge >= 0.3 is 6.18 Å². The van der Waals surface area contributed by atoms with Gasteiger partial charge in [0.15, 0.2) is 5.69 Å². The molecular weight excluding hydrogens is 353 g/mol. The zero-order chi connectivity index (χ0) is 18.4. The predicted molar refractivity (Wildman–Crippen MR) is 91.1 cm³/mol. The number of alkyl halides is 3. The SMILES string of the molecule is Cc1ccc(N2CC[N]C(n3nc(C(F)(F)F)c(Cl)c3C)C2)c(C)c1. The molecule has 1 aromatic heterocycles. The second-order valence-electron chi connectivity index (χ2n) is 6.31. The average molecular weight is 372 g/mol. The Morgan fingerprint density at radius 3 is 2.52 bits per heavy atom. The van der Waals surface area contributed by atoms with Crippen LogP contribution in [0.3, 0.4) is 0 Å². The maximum Gasteiger partial charge on any atom is 0.436 e. The van der Waals surface area contributed by atoms with Crippen molar-refractivity contribution in [3.8, 4) is 0 Å². The fraction of sp³-hybridized carbons (Fsp3) is 0.471. The van der Waals surface area contributed by atoms with Gasteiger partial charge in [0.05, 0.1) is 17.3 Å². The zero-order valence-electron chi connectivity index (χ0n) is 14.2. The van der Waals surface area contributed by atoms with Gasteiger partial charge in [-0.3, -0.25) is 0 Å². The Morgan fingerprint density at radius 2 is 1.92 bits per heavy atom. The van der Waals surface area contributed by atoms with Crippen LogP contribution in [0.4, 0.5) is 18.9 Å². The minimum Gasteiger partial charge on any atom is -0.366 e. The highest BCUT2D eigenvalue weighted by atomic mass is 35.5. The summed E-state index contributed by atoms with van der Waals surface area (Å²) in [5.74, 6) is 0. The summed E-state index contributed by atoms with van der Waals surface area (Å²) in [7, 11) is 0. The molecule has 0 amide bonds. The molecule has 8 heteroatoms. The molecule has 0 aliphatic carbocycles. The number of halogens is 4. The molecule has 0 N–H and O–H groups in total. The van der Waals surface area contributed by atoms with Crippen LogP contribution in [0.2, 0.25) is 5.02 Å². The van der Waals surface area contributed by atoms with Crippen molar-refractivity contribution in [2.45, 2.75) is 33.1 Å². The van der Waals surface area contributed by atoms with Crippen LogP contribution in [0.15, 0.2) is 18.2 Å². The first-order valence-corrected chi connectivity index (χ1v) is 8.37. The largest absolute Gasteiger partial charge is 0.436 e. The lowest BCUT2D eigenvalue weighted by Gasteiger charge is -2.35. The van der Waals surface area contributed by atoms with Crippen LogP contribution in [0.5, 0.6) is 0 Å². The van der Waals surface area contributed by atoms with E-state index in [9.17, 15) is 13.2 Å². The van der Waals surface area contributed by atoms with Crippen molar-refractivity contribution >= 4 is 17.3 Å². The van der Waals surface area contributed by atoms with Gasteiger partial charge < -0.3 is 4.90 Å². The lowest BCUT2D eigenvalue weighted by Crippen LogP contribution is -2.45. The maximum atomic E-state index is 13.0. The molecule has 3 rings (SSSR count). The molecule has 135 valence electrons. The van der Waals surface area contributed by atoms with Gasteiger partial charge in [0.2, 0.25) is 0 Å². The van der Waals surface area contributed by atoms with Gasteiger partial charge in [-0.1, -0.05) is 29.3 Å². The standard InChI is InChI=1S/C17H19ClF3N4/c1-10-4-5-13(11(2)8-10)24-7-6-22-14(9-24)25-12(3)15(18)16(23-25)17(19,20)21/h4-5,8,14H,6-7,9H2,1-3H3. The molecule has 0 spiro atoms. The summed E-state index contributed by atoms with van der Waals surface area (Å²) in [5, 5.41) is 7.81. The Balaban J connectivity index is 1.89. The normalized spacial score (nSPS) is 18.7. The first-order chi connectivity index (χ1) is 11.7. The minimum atomic E-state index is -4.57. The molecule has 25 heavy (non-hydrogen) atoms. The second kappa shape index (κ2) is 6.53. The fourth-order valence-corrected chi connectivity index (χ4v) is 3.41. The molecule has 1 atom stereocenters. The van der Waals surface area contributed by atoms with Crippen molar-refractivity contribution in [1.29, 1.82) is 0 Å². The molecule has 1 aliphatic rings. The zero-order valence-corrected chi connectivity index (χ0v) is 15.0. The third-order valence-corrected chi connectivity index (χ3v) is 4.87. The quantitative estimate of drug-likeness (QED) is 0.796. The number of anilines is 1. The number of nitrogens with zero attached hydrogens (tertiary/aromatic N) is 4. The van der Waals surface area contributed by atoms with Crippen molar-refractivity contribution in [3.63, 3.8) is 0 Å². The van der Waals surface area contributed by atoms with Crippen LogP contribution < -0.4 is 10.2 Å². The number of rotatable bonds is 2. The predicted octanol–water partition coefficient (Wildman–Crippen LogP) is 4.10. The van der Waals surface area contributed by atoms with Crippen molar-refractivity contribution < 1.29 is 13.2 Å². The molecular formula is C17H19ClF3N4. The summed E-state index contributed by atoms with van der Waals surface area (Å²) in [5.41, 5.74) is 2.60. The summed E-state index contributed by atoms with van der Waals surface area (Å²) in [6.07, 6.45) is -5.07. The smallest absolute Gasteiger partial charge is 0.366 e. The molecule has 1 aromatic carbocycles. The van der Waals surface area contributed by atoms with Gasteiger partial charge in [0.1, 0.15) is 6.17 Å². The fourth-order valence-electron chi connectivity index (χ4n) is 3.18. The Morgan fingerprint density at radius 1 is 1.20 bits per heavy atom. The lowest BCUT2D eigenvalue weighted by atomic mass is 10.1. The Bertz CT molecular complexity index is 785. The van der Waals surface area contributed by atoms with E-state index in [2.05, 4.69) is 21.4 Å². The first kappa shape index (κ1) is 18.1. The van der Waals surface area contributed by atoms with Crippen LogP contribution in [-0.4, -0.2) is 29.4 Å². The summed E-state index contributed by atoms with van der Waals surface area (Å²) >= 11 is 5.86. The van der Waals surface area contributed by atoms with E-state index >= 15 is 0 Å². The van der Waals surface area contributed by atoms with Crippen LogP contribution in [0.25, 0.3) is 0 Å². The van der Waals surface area contributed by atoms with Crippen LogP contribution in [-0.2, 0) is 6.18 Å². The van der Waals surface area contributed by atoms with E-state index in [4.69, 9.17) is 11.6 Å². The highest BCUT2D eigenvalue weighted by molar-refractivity contribution is 6.31. The van der Waals surface area contributed by atoms with E-state index in [1.807, 2.05) is 26.0 Å². The van der Waals surface area contributed by atoms with Crippen molar-refractivity contribution in [3.05, 3.63) is 45.7 Å². The van der Waals surface area contributed by atoms with E-state index in [1.54, 1.807) is 0 Å². The molecule has 0 bridgehead atoms. The summed E-state index contributed by atoms with van der Waals surface area (Å²) in [6.45, 7) is 7.30. The number of piperazine rings is 1. The van der Waals surface area contributed by atoms with Crippen molar-refractivity contribution in [2.75, 3.05) is 24.5 Å². The summed E-state index contributed by atoms with van der Waals surface area (Å²) in [4.78, 5) is 2.13. The average Bonchev–Trinajstić information content (AvgIpc) is 2.83. The van der Waals surface area contributed by atoms with Crippen LogP contribution >= 0.6 is 11.6 Å². The number of hydrogen-bond acceptors (Lipinski definition) is 2. The maximum absolute atomic E-state index is 13.0. The molecule has 2 aromatic rings. The summed E-state index contributed by atoms with van der Waals surface area (Å²) in [6, 6.07) is 6.16. The Hall–Kier alpha value is -1.73. The molecule has 1 aliphatic heterocycles. The van der Waals surface area contributed by atoms with Crippen LogP contribution in [0.1, 0.15) is 28.7 Å². The second-order valence-corrected chi connectivity index (χ2v) is 6.69. The van der Waals surface area contributed by atoms with Gasteiger partial charge in [-0.2, -0.15) is 18.3 Å². The monoisotopic (exact) mass is 371 g/mol. The highest BCUT2D eigenvalue weighted by Crippen LogP contribution is 2.36. The van der Waals surface area contributed by atoms with Crippen molar-refractivity contribution in [2.24, 2.45) is 0 Å². The van der Waals surface area contributed by atoms with E-state index < -0.39 is 18.0 Å². The number of benzene rings is 1. The van der Waals surface area contributed by atoms with Gasteiger partial charge in [0.25, 0.3) is 0 Å². The van der Waals surface area contributed by atoms with Gasteiger partial charge in [-0.15, -0.1) is 0 Å². The number of aromatic nitrogens is 2. The Labute approximate surface area is 149 Å². The third kappa shape index (κ3) is 3.48. The first-order valence-electron chi connectivity index (χ1n) is 7.99. The van der Waals surface area contributed by atoms with Crippen LogP contribution in [0, 0.1) is 20.8 Å². The Kier molecular flexibility index (Phi) is 4.72. The summed E-state index contributed by atoms with van der Waals surface area (Å²) < 4.78 is 40.4. The number of hydrogen-bond donors (Lipinski definition) is 0. The van der Waals surface area contributed by atoms with E-state index in [-0.39, 0.29) is 10.7 Å². The van der Waals surface area contributed by atoms with E-state index in [0.29, 0.717) is 13.1 Å². The molecule has 1 fully saturated rings. The molecule has 0 saturated carbocycles.